The number of amides is 2. The van der Waals surface area contributed by atoms with E-state index >= 15 is 0 Å². The maximum absolute atomic E-state index is 13.5. The highest BCUT2D eigenvalue weighted by atomic mass is 32.1. The molecule has 1 atom stereocenters. The number of ether oxygens (including phenoxy) is 1. The zero-order chi connectivity index (χ0) is 18.2. The Balaban J connectivity index is 1.74. The smallest absolute Gasteiger partial charge is 0.326 e. The average molecular weight is 364 g/mol. The summed E-state index contributed by atoms with van der Waals surface area (Å²) in [6, 6.07) is 9.16. The molecule has 1 aromatic heterocycles. The Morgan fingerprint density at radius 1 is 1.16 bits per heavy atom. The summed E-state index contributed by atoms with van der Waals surface area (Å²) in [7, 11) is 0. The summed E-state index contributed by atoms with van der Waals surface area (Å²) >= 11 is 1.50. The molecule has 1 heterocycles. The Labute approximate surface area is 148 Å². The lowest BCUT2D eigenvalue weighted by molar-refractivity contribution is -0.153. The first kappa shape index (κ1) is 18.6. The number of halogens is 1. The second kappa shape index (κ2) is 8.93. The van der Waals surface area contributed by atoms with Crippen LogP contribution in [0.25, 0.3) is 0 Å². The van der Waals surface area contributed by atoms with E-state index in [1.807, 2.05) is 17.5 Å². The van der Waals surface area contributed by atoms with E-state index in [0.717, 1.165) is 10.9 Å². The maximum atomic E-state index is 13.5. The van der Waals surface area contributed by atoms with E-state index in [2.05, 4.69) is 10.6 Å². The van der Waals surface area contributed by atoms with Crippen LogP contribution in [-0.4, -0.2) is 30.4 Å². The number of benzene rings is 1. The van der Waals surface area contributed by atoms with Gasteiger partial charge < -0.3 is 15.4 Å². The highest BCUT2D eigenvalue weighted by Crippen LogP contribution is 2.08. The molecular formula is C17H17FN2O4S. The fraction of sp³-hybridized carbons (Fsp3) is 0.235. The summed E-state index contributed by atoms with van der Waals surface area (Å²) in [5, 5.41) is 6.79. The summed E-state index contributed by atoms with van der Waals surface area (Å²) in [6.45, 7) is 1.32. The third-order valence-corrected chi connectivity index (χ3v) is 4.08. The molecule has 1 aromatic carbocycles. The van der Waals surface area contributed by atoms with Crippen LogP contribution in [0, 0.1) is 5.82 Å². The van der Waals surface area contributed by atoms with Crippen molar-refractivity contribution < 1.29 is 23.5 Å². The number of esters is 1. The fourth-order valence-electron chi connectivity index (χ4n) is 1.92. The Morgan fingerprint density at radius 2 is 1.92 bits per heavy atom. The van der Waals surface area contributed by atoms with Gasteiger partial charge in [0.1, 0.15) is 12.4 Å². The monoisotopic (exact) mass is 364 g/mol. The predicted molar refractivity (Wildman–Crippen MR) is 90.5 cm³/mol. The maximum Gasteiger partial charge on any atom is 0.326 e. The van der Waals surface area contributed by atoms with Gasteiger partial charge in [0.05, 0.1) is 12.1 Å². The van der Waals surface area contributed by atoms with Crippen molar-refractivity contribution in [3.8, 4) is 0 Å². The first-order valence-corrected chi connectivity index (χ1v) is 8.37. The number of rotatable bonds is 7. The normalized spacial score (nSPS) is 11.4. The lowest BCUT2D eigenvalue weighted by atomic mass is 10.2. The third kappa shape index (κ3) is 5.68. The second-order valence-corrected chi connectivity index (χ2v) is 6.12. The van der Waals surface area contributed by atoms with Crippen molar-refractivity contribution >= 4 is 29.1 Å². The van der Waals surface area contributed by atoms with Gasteiger partial charge in [0, 0.05) is 4.88 Å². The molecule has 132 valence electrons. The Bertz CT molecular complexity index is 749. The highest BCUT2D eigenvalue weighted by molar-refractivity contribution is 7.09. The van der Waals surface area contributed by atoms with Crippen LogP contribution in [0.5, 0.6) is 0 Å². The Hall–Kier alpha value is -2.74. The minimum Gasteiger partial charge on any atom is -0.451 e. The minimum atomic E-state index is -1.00. The molecule has 1 unspecified atom stereocenters. The first-order valence-electron chi connectivity index (χ1n) is 7.49. The number of carbonyl (C=O) groups is 3. The van der Waals surface area contributed by atoms with Gasteiger partial charge in [-0.3, -0.25) is 14.4 Å². The highest BCUT2D eigenvalue weighted by Gasteiger charge is 2.19. The first-order chi connectivity index (χ1) is 12.0. The van der Waals surface area contributed by atoms with Crippen molar-refractivity contribution in [1.82, 2.24) is 10.6 Å². The molecule has 0 bridgehead atoms. The van der Waals surface area contributed by atoms with E-state index in [4.69, 9.17) is 4.74 Å². The SMILES string of the molecule is CC(OC(=O)CNC(=O)c1ccccc1F)C(=O)NCc1cccs1. The summed E-state index contributed by atoms with van der Waals surface area (Å²) in [4.78, 5) is 36.3. The number of thiophene rings is 1. The van der Waals surface area contributed by atoms with Crippen molar-refractivity contribution in [1.29, 1.82) is 0 Å². The summed E-state index contributed by atoms with van der Waals surface area (Å²) in [6.07, 6.45) is -1.00. The van der Waals surface area contributed by atoms with Gasteiger partial charge in [-0.1, -0.05) is 18.2 Å². The Morgan fingerprint density at radius 3 is 2.60 bits per heavy atom. The van der Waals surface area contributed by atoms with Crippen LogP contribution >= 0.6 is 11.3 Å². The quantitative estimate of drug-likeness (QED) is 0.735. The van der Waals surface area contributed by atoms with Gasteiger partial charge in [-0.15, -0.1) is 11.3 Å². The van der Waals surface area contributed by atoms with Crippen molar-refractivity contribution in [3.05, 3.63) is 58.0 Å². The molecule has 0 fully saturated rings. The largest absolute Gasteiger partial charge is 0.451 e. The average Bonchev–Trinajstić information content (AvgIpc) is 3.11. The van der Waals surface area contributed by atoms with Crippen LogP contribution in [0.2, 0.25) is 0 Å². The van der Waals surface area contributed by atoms with Crippen molar-refractivity contribution in [2.75, 3.05) is 6.54 Å². The van der Waals surface area contributed by atoms with Crippen molar-refractivity contribution in [2.45, 2.75) is 19.6 Å². The van der Waals surface area contributed by atoms with Crippen LogP contribution in [0.1, 0.15) is 22.2 Å². The molecule has 0 aliphatic carbocycles. The van der Waals surface area contributed by atoms with Gasteiger partial charge in [-0.2, -0.15) is 0 Å². The Kier molecular flexibility index (Phi) is 6.64. The zero-order valence-corrected chi connectivity index (χ0v) is 14.3. The van der Waals surface area contributed by atoms with Gasteiger partial charge in [0.2, 0.25) is 0 Å². The molecule has 6 nitrogen and oxygen atoms in total. The number of nitrogens with one attached hydrogen (secondary N) is 2. The zero-order valence-electron chi connectivity index (χ0n) is 13.5. The molecule has 2 N–H and O–H groups in total. The molecule has 0 saturated carbocycles. The van der Waals surface area contributed by atoms with Gasteiger partial charge in [-0.05, 0) is 30.5 Å². The number of hydrogen-bond acceptors (Lipinski definition) is 5. The molecule has 0 spiro atoms. The van der Waals surface area contributed by atoms with E-state index in [1.54, 1.807) is 0 Å². The molecule has 8 heteroatoms. The van der Waals surface area contributed by atoms with E-state index in [9.17, 15) is 18.8 Å². The summed E-state index contributed by atoms with van der Waals surface area (Å²) in [5.41, 5.74) is -0.169. The van der Waals surface area contributed by atoms with Gasteiger partial charge in [-0.25, -0.2) is 4.39 Å². The van der Waals surface area contributed by atoms with Gasteiger partial charge in [0.15, 0.2) is 6.10 Å². The van der Waals surface area contributed by atoms with Gasteiger partial charge in [0.25, 0.3) is 11.8 Å². The lowest BCUT2D eigenvalue weighted by Crippen LogP contribution is -2.38. The minimum absolute atomic E-state index is 0.169. The van der Waals surface area contributed by atoms with E-state index in [-0.39, 0.29) is 5.56 Å². The molecule has 0 radical (unpaired) electrons. The topological polar surface area (TPSA) is 84.5 Å². The molecule has 0 aliphatic heterocycles. The van der Waals surface area contributed by atoms with Crippen LogP contribution in [0.4, 0.5) is 4.39 Å². The van der Waals surface area contributed by atoms with E-state index in [1.165, 1.54) is 36.5 Å². The van der Waals surface area contributed by atoms with Crippen molar-refractivity contribution in [2.24, 2.45) is 0 Å². The predicted octanol–water partition coefficient (Wildman–Crippen LogP) is 1.87. The van der Waals surface area contributed by atoms with E-state index < -0.39 is 36.2 Å². The molecule has 2 rings (SSSR count). The number of hydrogen-bond donors (Lipinski definition) is 2. The van der Waals surface area contributed by atoms with Crippen LogP contribution in [-0.2, 0) is 20.9 Å². The molecule has 0 aliphatic rings. The summed E-state index contributed by atoms with van der Waals surface area (Å²) < 4.78 is 18.4. The fourth-order valence-corrected chi connectivity index (χ4v) is 2.56. The van der Waals surface area contributed by atoms with Crippen LogP contribution < -0.4 is 10.6 Å². The summed E-state index contributed by atoms with van der Waals surface area (Å²) in [5.74, 6) is -2.65. The van der Waals surface area contributed by atoms with Crippen molar-refractivity contribution in [3.63, 3.8) is 0 Å². The lowest BCUT2D eigenvalue weighted by Gasteiger charge is -2.13. The molecule has 25 heavy (non-hydrogen) atoms. The molecule has 0 saturated heterocycles. The third-order valence-electron chi connectivity index (χ3n) is 3.21. The molecule has 2 aromatic rings. The van der Waals surface area contributed by atoms with E-state index in [0.29, 0.717) is 6.54 Å². The van der Waals surface area contributed by atoms with Crippen LogP contribution in [0.15, 0.2) is 41.8 Å². The standard InChI is InChI=1S/C17H17FN2O4S/c1-11(16(22)19-9-12-5-4-8-25-12)24-15(21)10-20-17(23)13-6-2-3-7-14(13)18/h2-8,11H,9-10H2,1H3,(H,19,22)(H,20,23). The van der Waals surface area contributed by atoms with Gasteiger partial charge >= 0.3 is 5.97 Å². The molecule has 2 amide bonds. The molecular weight excluding hydrogens is 347 g/mol. The number of carbonyl (C=O) groups excluding carboxylic acids is 3. The second-order valence-electron chi connectivity index (χ2n) is 5.09. The van der Waals surface area contributed by atoms with Crippen LogP contribution in [0.3, 0.4) is 0 Å².